The summed E-state index contributed by atoms with van der Waals surface area (Å²) in [4.78, 5) is 19.0. The van der Waals surface area contributed by atoms with Crippen molar-refractivity contribution in [2.24, 2.45) is 10.9 Å². The van der Waals surface area contributed by atoms with Gasteiger partial charge >= 0.3 is 0 Å². The number of rotatable bonds is 7. The Bertz CT molecular complexity index is 681. The van der Waals surface area contributed by atoms with E-state index in [0.717, 1.165) is 18.2 Å². The first-order valence-electron chi connectivity index (χ1n) is 10.6. The topological polar surface area (TPSA) is 68.8 Å². The Morgan fingerprint density at radius 1 is 1.25 bits per heavy atom. The van der Waals surface area contributed by atoms with Crippen LogP contribution in [0.3, 0.4) is 0 Å². The van der Waals surface area contributed by atoms with E-state index in [2.05, 4.69) is 45.8 Å². The third-order valence-electron chi connectivity index (χ3n) is 5.75. The Balaban J connectivity index is 1.55. The van der Waals surface area contributed by atoms with Crippen molar-refractivity contribution in [1.29, 1.82) is 0 Å². The molecule has 0 bridgehead atoms. The number of hydrogen-bond donors (Lipinski definition) is 3. The summed E-state index contributed by atoms with van der Waals surface area (Å²) < 4.78 is 0. The molecule has 0 aliphatic carbocycles. The highest BCUT2D eigenvalue weighted by Crippen LogP contribution is 2.31. The van der Waals surface area contributed by atoms with Crippen LogP contribution in [0.5, 0.6) is 0 Å². The second-order valence-electron chi connectivity index (χ2n) is 8.40. The summed E-state index contributed by atoms with van der Waals surface area (Å²) in [6.45, 7) is 8.60. The zero-order valence-electron chi connectivity index (χ0n) is 17.5. The molecule has 0 saturated carbocycles. The molecule has 6 heteroatoms. The van der Waals surface area contributed by atoms with E-state index in [1.807, 2.05) is 25.2 Å². The molecule has 1 aromatic rings. The van der Waals surface area contributed by atoms with Crippen molar-refractivity contribution in [2.75, 3.05) is 38.5 Å². The fourth-order valence-electron chi connectivity index (χ4n) is 4.35. The van der Waals surface area contributed by atoms with Crippen molar-refractivity contribution in [1.82, 2.24) is 15.5 Å². The molecule has 154 valence electrons. The number of amides is 1. The summed E-state index contributed by atoms with van der Waals surface area (Å²) in [5, 5.41) is 9.93. The number of hydrogen-bond acceptors (Lipinski definition) is 3. The molecule has 1 fully saturated rings. The van der Waals surface area contributed by atoms with Crippen LogP contribution in [0, 0.1) is 5.92 Å². The van der Waals surface area contributed by atoms with Crippen LogP contribution < -0.4 is 16.0 Å². The number of aliphatic imine (C=N–C) groups is 1. The fraction of sp³-hybridized carbons (Fsp3) is 0.636. The summed E-state index contributed by atoms with van der Waals surface area (Å²) in [5.41, 5.74) is 2.12. The van der Waals surface area contributed by atoms with Crippen molar-refractivity contribution < 1.29 is 4.79 Å². The standard InChI is InChI=1S/C22H35N5O/c1-16(2)12-18(27-10-6-7-11-27)15-25-22(23-3)24-14-17-13-21(28)26-20-9-5-4-8-19(17)20/h4-5,8-9,16-18H,6-7,10-15H2,1-3H3,(H,26,28)(H2,23,24,25). The number of carbonyl (C=O) groups is 1. The number of carbonyl (C=O) groups excluding carboxylic acids is 1. The monoisotopic (exact) mass is 385 g/mol. The molecule has 1 aromatic carbocycles. The molecule has 2 atom stereocenters. The number of anilines is 1. The third-order valence-corrected chi connectivity index (χ3v) is 5.75. The first-order chi connectivity index (χ1) is 13.6. The maximum atomic E-state index is 12.0. The fourth-order valence-corrected chi connectivity index (χ4v) is 4.35. The first-order valence-corrected chi connectivity index (χ1v) is 10.6. The number of nitrogens with zero attached hydrogens (tertiary/aromatic N) is 2. The minimum absolute atomic E-state index is 0.0828. The molecule has 0 aromatic heterocycles. The maximum Gasteiger partial charge on any atom is 0.225 e. The minimum Gasteiger partial charge on any atom is -0.356 e. The second-order valence-corrected chi connectivity index (χ2v) is 8.40. The largest absolute Gasteiger partial charge is 0.356 e. The lowest BCUT2D eigenvalue weighted by Gasteiger charge is -2.30. The predicted molar refractivity (Wildman–Crippen MR) is 116 cm³/mol. The molecule has 6 nitrogen and oxygen atoms in total. The molecular weight excluding hydrogens is 350 g/mol. The van der Waals surface area contributed by atoms with Gasteiger partial charge in [0.15, 0.2) is 5.96 Å². The molecule has 28 heavy (non-hydrogen) atoms. The van der Waals surface area contributed by atoms with Gasteiger partial charge in [0.25, 0.3) is 0 Å². The summed E-state index contributed by atoms with van der Waals surface area (Å²) >= 11 is 0. The average Bonchev–Trinajstić information content (AvgIpc) is 3.21. The molecule has 2 unspecified atom stereocenters. The maximum absolute atomic E-state index is 12.0. The van der Waals surface area contributed by atoms with Gasteiger partial charge in [-0.3, -0.25) is 14.7 Å². The highest BCUT2D eigenvalue weighted by atomic mass is 16.1. The van der Waals surface area contributed by atoms with Crippen molar-refractivity contribution in [2.45, 2.75) is 51.5 Å². The van der Waals surface area contributed by atoms with Gasteiger partial charge in [-0.25, -0.2) is 0 Å². The number of fused-ring (bicyclic) bond motifs is 1. The Hall–Kier alpha value is -2.08. The van der Waals surface area contributed by atoms with Gasteiger partial charge < -0.3 is 16.0 Å². The molecule has 0 spiro atoms. The van der Waals surface area contributed by atoms with Gasteiger partial charge in [0, 0.05) is 44.2 Å². The summed E-state index contributed by atoms with van der Waals surface area (Å²) in [5.74, 6) is 1.74. The van der Waals surface area contributed by atoms with Crippen molar-refractivity contribution in [3.63, 3.8) is 0 Å². The smallest absolute Gasteiger partial charge is 0.225 e. The van der Waals surface area contributed by atoms with Crippen molar-refractivity contribution in [3.05, 3.63) is 29.8 Å². The number of nitrogens with one attached hydrogen (secondary N) is 3. The first kappa shape index (κ1) is 20.6. The average molecular weight is 386 g/mol. The number of likely N-dealkylation sites (tertiary alicyclic amines) is 1. The van der Waals surface area contributed by atoms with E-state index in [0.29, 0.717) is 24.9 Å². The summed E-state index contributed by atoms with van der Waals surface area (Å²) in [6.07, 6.45) is 4.32. The van der Waals surface area contributed by atoms with Crippen LogP contribution in [-0.2, 0) is 4.79 Å². The highest BCUT2D eigenvalue weighted by Gasteiger charge is 2.25. The van der Waals surface area contributed by atoms with Crippen LogP contribution >= 0.6 is 0 Å². The molecule has 3 N–H and O–H groups in total. The van der Waals surface area contributed by atoms with Gasteiger partial charge in [-0.1, -0.05) is 32.0 Å². The van der Waals surface area contributed by atoms with Gasteiger partial charge in [0.2, 0.25) is 5.91 Å². The Morgan fingerprint density at radius 2 is 2.00 bits per heavy atom. The number of para-hydroxylation sites is 1. The van der Waals surface area contributed by atoms with E-state index in [1.165, 1.54) is 37.9 Å². The molecule has 2 aliphatic heterocycles. The van der Waals surface area contributed by atoms with E-state index in [-0.39, 0.29) is 11.8 Å². The van der Waals surface area contributed by atoms with Gasteiger partial charge in [0.1, 0.15) is 0 Å². The SMILES string of the molecule is CN=C(NCC1CC(=O)Nc2ccccc21)NCC(CC(C)C)N1CCCC1. The normalized spacial score (nSPS) is 21.4. The van der Waals surface area contributed by atoms with Crippen LogP contribution in [0.4, 0.5) is 5.69 Å². The van der Waals surface area contributed by atoms with Crippen molar-refractivity contribution >= 4 is 17.6 Å². The van der Waals surface area contributed by atoms with Gasteiger partial charge in [-0.15, -0.1) is 0 Å². The van der Waals surface area contributed by atoms with E-state index in [1.54, 1.807) is 0 Å². The molecule has 1 saturated heterocycles. The Labute approximate surface area is 169 Å². The van der Waals surface area contributed by atoms with Crippen LogP contribution in [0.1, 0.15) is 51.0 Å². The summed E-state index contributed by atoms with van der Waals surface area (Å²) in [7, 11) is 1.81. The minimum atomic E-state index is 0.0828. The van der Waals surface area contributed by atoms with Crippen LogP contribution in [0.25, 0.3) is 0 Å². The number of benzene rings is 1. The molecule has 2 heterocycles. The molecule has 1 amide bonds. The van der Waals surface area contributed by atoms with Crippen LogP contribution in [0.2, 0.25) is 0 Å². The number of guanidine groups is 1. The lowest BCUT2D eigenvalue weighted by atomic mass is 9.90. The quantitative estimate of drug-likeness (QED) is 0.499. The zero-order chi connectivity index (χ0) is 19.9. The Morgan fingerprint density at radius 3 is 2.71 bits per heavy atom. The Kier molecular flexibility index (Phi) is 7.31. The molecular formula is C22H35N5O. The van der Waals surface area contributed by atoms with E-state index in [4.69, 9.17) is 0 Å². The van der Waals surface area contributed by atoms with Crippen molar-refractivity contribution in [3.8, 4) is 0 Å². The van der Waals surface area contributed by atoms with Crippen LogP contribution in [-0.4, -0.2) is 56.0 Å². The molecule has 0 radical (unpaired) electrons. The third kappa shape index (κ3) is 5.47. The van der Waals surface area contributed by atoms with E-state index in [9.17, 15) is 4.79 Å². The van der Waals surface area contributed by atoms with E-state index < -0.39 is 0 Å². The molecule has 2 aliphatic rings. The lowest BCUT2D eigenvalue weighted by molar-refractivity contribution is -0.116. The highest BCUT2D eigenvalue weighted by molar-refractivity contribution is 5.94. The van der Waals surface area contributed by atoms with Gasteiger partial charge in [-0.2, -0.15) is 0 Å². The van der Waals surface area contributed by atoms with Crippen LogP contribution in [0.15, 0.2) is 29.3 Å². The second kappa shape index (κ2) is 9.92. The van der Waals surface area contributed by atoms with Gasteiger partial charge in [0.05, 0.1) is 0 Å². The van der Waals surface area contributed by atoms with E-state index >= 15 is 0 Å². The molecule has 3 rings (SSSR count). The summed E-state index contributed by atoms with van der Waals surface area (Å²) in [6, 6.07) is 8.61. The van der Waals surface area contributed by atoms with Gasteiger partial charge in [-0.05, 0) is 49.9 Å². The zero-order valence-corrected chi connectivity index (χ0v) is 17.5. The predicted octanol–water partition coefficient (Wildman–Crippen LogP) is 2.79. The lowest BCUT2D eigenvalue weighted by Crippen LogP contribution is -2.47.